The number of para-hydroxylation sites is 3. The third-order valence-corrected chi connectivity index (χ3v) is 4.58. The maximum absolute atomic E-state index is 5.55. The van der Waals surface area contributed by atoms with Crippen LogP contribution in [-0.4, -0.2) is 15.1 Å². The molecular weight excluding hydrogens is 352 g/mol. The zero-order valence-corrected chi connectivity index (χ0v) is 15.5. The fraction of sp³-hybridized carbons (Fsp3) is 0.0909. The van der Waals surface area contributed by atoms with Crippen LogP contribution in [0, 0.1) is 0 Å². The van der Waals surface area contributed by atoms with Crippen LogP contribution in [-0.2, 0) is 6.42 Å². The number of nitrogens with one attached hydrogen (secondary N) is 3. The summed E-state index contributed by atoms with van der Waals surface area (Å²) in [7, 11) is 0. The number of nitrogens with zero attached hydrogens (tertiary/aromatic N) is 1. The molecule has 4 aromatic rings. The molecule has 1 heterocycles. The van der Waals surface area contributed by atoms with Crippen LogP contribution in [0.3, 0.4) is 0 Å². The van der Waals surface area contributed by atoms with Gasteiger partial charge in [0.2, 0.25) is 0 Å². The average molecular weight is 372 g/mol. The lowest BCUT2D eigenvalue weighted by Gasteiger charge is -2.19. The van der Waals surface area contributed by atoms with E-state index in [9.17, 15) is 0 Å². The Morgan fingerprint density at radius 2 is 1.56 bits per heavy atom. The largest absolute Gasteiger partial charge is 0.352 e. The summed E-state index contributed by atoms with van der Waals surface area (Å²) in [6.45, 7) is 0. The molecule has 5 heteroatoms. The quantitative estimate of drug-likeness (QED) is 0.439. The van der Waals surface area contributed by atoms with Crippen LogP contribution in [0.15, 0.2) is 84.9 Å². The van der Waals surface area contributed by atoms with E-state index in [1.165, 1.54) is 5.56 Å². The molecule has 4 rings (SSSR count). The van der Waals surface area contributed by atoms with Gasteiger partial charge in [-0.1, -0.05) is 60.7 Å². The Bertz CT molecular complexity index is 995. The van der Waals surface area contributed by atoms with Crippen LogP contribution >= 0.6 is 12.2 Å². The smallest absolute Gasteiger partial charge is 0.171 e. The summed E-state index contributed by atoms with van der Waals surface area (Å²) in [4.78, 5) is 8.19. The molecule has 0 unspecified atom stereocenters. The highest BCUT2D eigenvalue weighted by Crippen LogP contribution is 2.20. The molecule has 1 atom stereocenters. The van der Waals surface area contributed by atoms with Crippen molar-refractivity contribution in [3.8, 4) is 0 Å². The van der Waals surface area contributed by atoms with Gasteiger partial charge >= 0.3 is 0 Å². The normalized spacial score (nSPS) is 11.9. The molecule has 0 aliphatic heterocycles. The van der Waals surface area contributed by atoms with Crippen molar-refractivity contribution in [2.75, 3.05) is 5.32 Å². The molecule has 0 spiro atoms. The van der Waals surface area contributed by atoms with Crippen molar-refractivity contribution in [1.29, 1.82) is 0 Å². The number of H-pyrrole nitrogens is 1. The number of anilines is 1. The van der Waals surface area contributed by atoms with Crippen LogP contribution in [0.2, 0.25) is 0 Å². The van der Waals surface area contributed by atoms with Crippen LogP contribution in [0.25, 0.3) is 11.0 Å². The average Bonchev–Trinajstić information content (AvgIpc) is 3.13. The molecule has 0 bridgehead atoms. The monoisotopic (exact) mass is 372 g/mol. The molecule has 3 N–H and O–H groups in total. The summed E-state index contributed by atoms with van der Waals surface area (Å²) < 4.78 is 0. The zero-order valence-electron chi connectivity index (χ0n) is 14.7. The van der Waals surface area contributed by atoms with Gasteiger partial charge in [-0.05, 0) is 48.5 Å². The molecular formula is C22H20N4S. The third kappa shape index (κ3) is 4.33. The van der Waals surface area contributed by atoms with Gasteiger partial charge in [-0.2, -0.15) is 0 Å². The van der Waals surface area contributed by atoms with E-state index in [1.807, 2.05) is 72.8 Å². The van der Waals surface area contributed by atoms with Gasteiger partial charge in [0.25, 0.3) is 0 Å². The number of aromatic amines is 1. The molecule has 4 nitrogen and oxygen atoms in total. The van der Waals surface area contributed by atoms with E-state index in [1.54, 1.807) is 0 Å². The highest BCUT2D eigenvalue weighted by molar-refractivity contribution is 7.80. The number of imidazole rings is 1. The molecule has 3 aromatic carbocycles. The highest BCUT2D eigenvalue weighted by atomic mass is 32.1. The van der Waals surface area contributed by atoms with Gasteiger partial charge in [0.15, 0.2) is 5.11 Å². The second kappa shape index (κ2) is 8.01. The van der Waals surface area contributed by atoms with Gasteiger partial charge in [0, 0.05) is 5.69 Å². The number of rotatable bonds is 5. The van der Waals surface area contributed by atoms with Crippen molar-refractivity contribution in [3.63, 3.8) is 0 Å². The Morgan fingerprint density at radius 3 is 2.30 bits per heavy atom. The van der Waals surface area contributed by atoms with Crippen molar-refractivity contribution in [2.45, 2.75) is 12.5 Å². The van der Waals surface area contributed by atoms with Crippen LogP contribution in [0.5, 0.6) is 0 Å². The number of thiocarbonyl (C=S) groups is 1. The summed E-state index contributed by atoms with van der Waals surface area (Å²) in [6.07, 6.45) is 0.775. The standard InChI is InChI=1S/C22H20N4S/c27-22(23-17-11-5-2-6-12-17)26-20(15-16-9-3-1-4-10-16)21-24-18-13-7-8-14-19(18)25-21/h1-14,20H,15H2,(H,24,25)(H2,23,26,27)/t20-/m0/s1. The second-order valence-corrected chi connectivity index (χ2v) is 6.75. The number of hydrogen-bond acceptors (Lipinski definition) is 2. The summed E-state index contributed by atoms with van der Waals surface area (Å²) in [5.41, 5.74) is 4.15. The van der Waals surface area contributed by atoms with E-state index in [2.05, 4.69) is 27.8 Å². The first-order valence-electron chi connectivity index (χ1n) is 8.89. The molecule has 27 heavy (non-hydrogen) atoms. The van der Waals surface area contributed by atoms with Crippen LogP contribution < -0.4 is 10.6 Å². The molecule has 0 aliphatic carbocycles. The van der Waals surface area contributed by atoms with Gasteiger partial charge in [-0.25, -0.2) is 4.98 Å². The summed E-state index contributed by atoms with van der Waals surface area (Å²) in [5, 5.41) is 7.23. The first-order valence-corrected chi connectivity index (χ1v) is 9.30. The maximum Gasteiger partial charge on any atom is 0.171 e. The van der Waals surface area contributed by atoms with Gasteiger partial charge in [0.05, 0.1) is 17.1 Å². The molecule has 0 aliphatic rings. The van der Waals surface area contributed by atoms with Crippen molar-refractivity contribution < 1.29 is 0 Å². The summed E-state index contributed by atoms with van der Waals surface area (Å²) in [5.74, 6) is 0.872. The van der Waals surface area contributed by atoms with E-state index in [0.29, 0.717) is 5.11 Å². The van der Waals surface area contributed by atoms with Gasteiger partial charge in [-0.15, -0.1) is 0 Å². The third-order valence-electron chi connectivity index (χ3n) is 4.36. The topological polar surface area (TPSA) is 52.7 Å². The minimum absolute atomic E-state index is 0.0662. The Hall–Kier alpha value is -3.18. The van der Waals surface area contributed by atoms with Crippen molar-refractivity contribution in [3.05, 3.63) is 96.3 Å². The highest BCUT2D eigenvalue weighted by Gasteiger charge is 2.18. The minimum Gasteiger partial charge on any atom is -0.352 e. The van der Waals surface area contributed by atoms with E-state index in [0.717, 1.165) is 29.0 Å². The first kappa shape index (κ1) is 17.2. The minimum atomic E-state index is -0.0662. The van der Waals surface area contributed by atoms with Crippen molar-refractivity contribution >= 4 is 34.1 Å². The maximum atomic E-state index is 5.55. The molecule has 0 radical (unpaired) electrons. The van der Waals surface area contributed by atoms with Gasteiger partial charge in [0.1, 0.15) is 5.82 Å². The van der Waals surface area contributed by atoms with E-state index >= 15 is 0 Å². The predicted molar refractivity (Wildman–Crippen MR) is 115 cm³/mol. The zero-order chi connectivity index (χ0) is 18.5. The van der Waals surface area contributed by atoms with Crippen molar-refractivity contribution in [1.82, 2.24) is 15.3 Å². The molecule has 0 fully saturated rings. The van der Waals surface area contributed by atoms with Crippen LogP contribution in [0.4, 0.5) is 5.69 Å². The fourth-order valence-electron chi connectivity index (χ4n) is 3.05. The molecule has 1 aromatic heterocycles. The Kier molecular flexibility index (Phi) is 5.12. The van der Waals surface area contributed by atoms with Crippen molar-refractivity contribution in [2.24, 2.45) is 0 Å². The summed E-state index contributed by atoms with van der Waals surface area (Å²) in [6, 6.07) is 28.2. The Labute approximate surface area is 163 Å². The van der Waals surface area contributed by atoms with Gasteiger partial charge in [-0.3, -0.25) is 0 Å². The fourth-order valence-corrected chi connectivity index (χ4v) is 3.31. The molecule has 0 amide bonds. The molecule has 134 valence electrons. The lowest BCUT2D eigenvalue weighted by Crippen LogP contribution is -2.34. The Morgan fingerprint density at radius 1 is 0.889 bits per heavy atom. The lowest BCUT2D eigenvalue weighted by atomic mass is 10.1. The number of aromatic nitrogens is 2. The SMILES string of the molecule is S=C(Nc1ccccc1)N[C@@H](Cc1ccccc1)c1nc2ccccc2[nH]1. The Balaban J connectivity index is 1.58. The predicted octanol–water partition coefficient (Wildman–Crippen LogP) is 4.83. The molecule has 0 saturated heterocycles. The molecule has 0 saturated carbocycles. The second-order valence-electron chi connectivity index (χ2n) is 6.35. The number of fused-ring (bicyclic) bond motifs is 1. The number of hydrogen-bond donors (Lipinski definition) is 3. The number of benzene rings is 3. The van der Waals surface area contributed by atoms with E-state index in [4.69, 9.17) is 17.2 Å². The van der Waals surface area contributed by atoms with Gasteiger partial charge < -0.3 is 15.6 Å². The van der Waals surface area contributed by atoms with E-state index in [-0.39, 0.29) is 6.04 Å². The summed E-state index contributed by atoms with van der Waals surface area (Å²) >= 11 is 5.55. The lowest BCUT2D eigenvalue weighted by molar-refractivity contribution is 0.614. The van der Waals surface area contributed by atoms with E-state index < -0.39 is 0 Å². The van der Waals surface area contributed by atoms with Crippen LogP contribution in [0.1, 0.15) is 17.4 Å². The first-order chi connectivity index (χ1) is 13.3.